The molecule has 0 radical (unpaired) electrons. The normalized spacial score (nSPS) is 11.0. The summed E-state index contributed by atoms with van der Waals surface area (Å²) in [6, 6.07) is 18.2. The Morgan fingerprint density at radius 3 is 2.64 bits per heavy atom. The van der Waals surface area contributed by atoms with Gasteiger partial charge in [-0.05, 0) is 23.8 Å². The fraction of sp³-hybridized carbons (Fsp3) is 0.167. The van der Waals surface area contributed by atoms with Gasteiger partial charge in [0.15, 0.2) is 0 Å². The van der Waals surface area contributed by atoms with Crippen LogP contribution in [-0.2, 0) is 6.54 Å². The molecule has 0 amide bonds. The summed E-state index contributed by atoms with van der Waals surface area (Å²) in [4.78, 5) is 4.76. The summed E-state index contributed by atoms with van der Waals surface area (Å²) in [5.41, 5.74) is 9.73. The van der Waals surface area contributed by atoms with Crippen LogP contribution in [0, 0.1) is 0 Å². The molecule has 0 saturated heterocycles. The van der Waals surface area contributed by atoms with Crippen molar-refractivity contribution in [1.29, 1.82) is 0 Å². The molecule has 3 rings (SSSR count). The Morgan fingerprint density at radius 2 is 1.86 bits per heavy atom. The second-order valence-electron chi connectivity index (χ2n) is 5.16. The van der Waals surface area contributed by atoms with Gasteiger partial charge in [-0.3, -0.25) is 0 Å². The van der Waals surface area contributed by atoms with E-state index < -0.39 is 0 Å². The number of aromatic nitrogens is 1. The van der Waals surface area contributed by atoms with Crippen molar-refractivity contribution in [3.8, 4) is 11.3 Å². The summed E-state index contributed by atoms with van der Waals surface area (Å²) in [5, 5.41) is 5.17. The molecule has 112 valence electrons. The minimum atomic E-state index is 0.625. The lowest BCUT2D eigenvalue weighted by Gasteiger charge is -2.11. The number of hydrogen-bond donors (Lipinski definition) is 2. The van der Waals surface area contributed by atoms with Crippen LogP contribution < -0.4 is 11.1 Å². The van der Waals surface area contributed by atoms with Gasteiger partial charge in [-0.1, -0.05) is 48.0 Å². The first-order valence-corrected chi connectivity index (χ1v) is 7.71. The molecule has 0 unspecified atom stereocenters. The highest BCUT2D eigenvalue weighted by Gasteiger charge is 2.08. The van der Waals surface area contributed by atoms with Crippen molar-refractivity contribution in [3.05, 3.63) is 65.2 Å². The molecule has 0 saturated carbocycles. The van der Waals surface area contributed by atoms with Gasteiger partial charge in [-0.25, -0.2) is 4.98 Å². The van der Waals surface area contributed by atoms with Crippen LogP contribution in [0.25, 0.3) is 22.2 Å². The minimum Gasteiger partial charge on any atom is -0.329 e. The van der Waals surface area contributed by atoms with Gasteiger partial charge in [0, 0.05) is 35.6 Å². The molecule has 3 nitrogen and oxygen atoms in total. The van der Waals surface area contributed by atoms with E-state index in [0.717, 1.165) is 35.2 Å². The fourth-order valence-corrected chi connectivity index (χ4v) is 2.67. The second kappa shape index (κ2) is 6.88. The van der Waals surface area contributed by atoms with E-state index in [2.05, 4.69) is 23.5 Å². The summed E-state index contributed by atoms with van der Waals surface area (Å²) in [5.74, 6) is 0. The highest BCUT2D eigenvalue weighted by molar-refractivity contribution is 6.31. The Bertz CT molecular complexity index is 772. The summed E-state index contributed by atoms with van der Waals surface area (Å²) >= 11 is 6.12. The highest BCUT2D eigenvalue weighted by Crippen LogP contribution is 2.26. The van der Waals surface area contributed by atoms with Gasteiger partial charge in [-0.2, -0.15) is 0 Å². The topological polar surface area (TPSA) is 50.9 Å². The zero-order chi connectivity index (χ0) is 15.4. The smallest absolute Gasteiger partial charge is 0.0727 e. The number of hydrogen-bond acceptors (Lipinski definition) is 3. The SMILES string of the molecule is NCCNCc1cc(-c2ccccc2)nc2cc(Cl)ccc12. The standard InChI is InChI=1S/C18H18ClN3/c19-15-6-7-16-14(12-21-9-8-20)10-17(22-18(16)11-15)13-4-2-1-3-5-13/h1-7,10-11,21H,8-9,12,20H2. The highest BCUT2D eigenvalue weighted by atomic mass is 35.5. The molecule has 4 heteroatoms. The summed E-state index contributed by atoms with van der Waals surface area (Å²) in [6.45, 7) is 2.18. The monoisotopic (exact) mass is 311 g/mol. The van der Waals surface area contributed by atoms with Crippen LogP contribution in [-0.4, -0.2) is 18.1 Å². The van der Waals surface area contributed by atoms with Crippen molar-refractivity contribution in [2.45, 2.75) is 6.54 Å². The minimum absolute atomic E-state index is 0.625. The Labute approximate surface area is 135 Å². The predicted octanol–water partition coefficient (Wildman–Crippen LogP) is 3.60. The maximum absolute atomic E-state index is 6.12. The number of pyridine rings is 1. The number of nitrogens with two attached hydrogens (primary N) is 1. The van der Waals surface area contributed by atoms with Gasteiger partial charge in [-0.15, -0.1) is 0 Å². The Balaban J connectivity index is 2.10. The predicted molar refractivity (Wildman–Crippen MR) is 93.0 cm³/mol. The maximum atomic E-state index is 6.12. The van der Waals surface area contributed by atoms with Crippen LogP contribution in [0.2, 0.25) is 5.02 Å². The Hall–Kier alpha value is -1.94. The van der Waals surface area contributed by atoms with Crippen LogP contribution in [0.4, 0.5) is 0 Å². The number of fused-ring (bicyclic) bond motifs is 1. The van der Waals surface area contributed by atoms with E-state index in [9.17, 15) is 0 Å². The third-order valence-electron chi connectivity index (χ3n) is 3.56. The first-order valence-electron chi connectivity index (χ1n) is 7.33. The Morgan fingerprint density at radius 1 is 1.05 bits per heavy atom. The third kappa shape index (κ3) is 3.28. The molecule has 0 spiro atoms. The molecule has 2 aromatic carbocycles. The summed E-state index contributed by atoms with van der Waals surface area (Å²) in [6.07, 6.45) is 0. The molecule has 0 aliphatic carbocycles. The van der Waals surface area contributed by atoms with Crippen molar-refractivity contribution in [2.24, 2.45) is 5.73 Å². The summed E-state index contributed by atoms with van der Waals surface area (Å²) in [7, 11) is 0. The molecular weight excluding hydrogens is 294 g/mol. The molecule has 0 atom stereocenters. The van der Waals surface area contributed by atoms with Crippen LogP contribution >= 0.6 is 11.6 Å². The quantitative estimate of drug-likeness (QED) is 0.708. The van der Waals surface area contributed by atoms with Gasteiger partial charge in [0.25, 0.3) is 0 Å². The van der Waals surface area contributed by atoms with E-state index in [1.54, 1.807) is 0 Å². The lowest BCUT2D eigenvalue weighted by molar-refractivity contribution is 0.697. The van der Waals surface area contributed by atoms with Gasteiger partial charge in [0.05, 0.1) is 11.2 Å². The molecule has 22 heavy (non-hydrogen) atoms. The zero-order valence-corrected chi connectivity index (χ0v) is 13.0. The van der Waals surface area contributed by atoms with E-state index in [0.29, 0.717) is 11.6 Å². The van der Waals surface area contributed by atoms with E-state index in [1.165, 1.54) is 5.56 Å². The maximum Gasteiger partial charge on any atom is 0.0727 e. The fourth-order valence-electron chi connectivity index (χ4n) is 2.50. The average Bonchev–Trinajstić information content (AvgIpc) is 2.55. The lowest BCUT2D eigenvalue weighted by atomic mass is 10.0. The molecule has 0 bridgehead atoms. The van der Waals surface area contributed by atoms with Crippen LogP contribution in [0.1, 0.15) is 5.56 Å². The van der Waals surface area contributed by atoms with E-state index >= 15 is 0 Å². The molecule has 1 aromatic heterocycles. The molecule has 0 aliphatic heterocycles. The van der Waals surface area contributed by atoms with Gasteiger partial charge in [0.1, 0.15) is 0 Å². The van der Waals surface area contributed by atoms with Crippen LogP contribution in [0.15, 0.2) is 54.6 Å². The first kappa shape index (κ1) is 15.0. The van der Waals surface area contributed by atoms with Crippen molar-refractivity contribution in [1.82, 2.24) is 10.3 Å². The number of nitrogens with zero attached hydrogens (tertiary/aromatic N) is 1. The summed E-state index contributed by atoms with van der Waals surface area (Å²) < 4.78 is 0. The molecule has 1 heterocycles. The number of halogens is 1. The molecule has 0 fully saturated rings. The van der Waals surface area contributed by atoms with Gasteiger partial charge >= 0.3 is 0 Å². The molecule has 3 aromatic rings. The van der Waals surface area contributed by atoms with E-state index in [4.69, 9.17) is 22.3 Å². The van der Waals surface area contributed by atoms with Crippen molar-refractivity contribution in [2.75, 3.05) is 13.1 Å². The first-order chi connectivity index (χ1) is 10.8. The van der Waals surface area contributed by atoms with Crippen molar-refractivity contribution >= 4 is 22.5 Å². The van der Waals surface area contributed by atoms with Crippen LogP contribution in [0.5, 0.6) is 0 Å². The van der Waals surface area contributed by atoms with E-state index in [-0.39, 0.29) is 0 Å². The lowest BCUT2D eigenvalue weighted by Crippen LogP contribution is -2.22. The number of rotatable bonds is 5. The van der Waals surface area contributed by atoms with Gasteiger partial charge in [0.2, 0.25) is 0 Å². The van der Waals surface area contributed by atoms with Crippen molar-refractivity contribution < 1.29 is 0 Å². The zero-order valence-electron chi connectivity index (χ0n) is 12.2. The molecule has 0 aliphatic rings. The van der Waals surface area contributed by atoms with Crippen molar-refractivity contribution in [3.63, 3.8) is 0 Å². The van der Waals surface area contributed by atoms with E-state index in [1.807, 2.05) is 36.4 Å². The molecule has 3 N–H and O–H groups in total. The number of nitrogens with one attached hydrogen (secondary N) is 1. The number of benzene rings is 2. The Kier molecular flexibility index (Phi) is 4.68. The largest absolute Gasteiger partial charge is 0.329 e. The second-order valence-corrected chi connectivity index (χ2v) is 5.60. The molecular formula is C18H18ClN3. The van der Waals surface area contributed by atoms with Gasteiger partial charge < -0.3 is 11.1 Å². The average molecular weight is 312 g/mol. The van der Waals surface area contributed by atoms with Crippen LogP contribution in [0.3, 0.4) is 0 Å². The third-order valence-corrected chi connectivity index (χ3v) is 3.80.